The van der Waals surface area contributed by atoms with Crippen molar-refractivity contribution in [2.45, 2.75) is 33.2 Å². The maximum absolute atomic E-state index is 11.9. The van der Waals surface area contributed by atoms with E-state index in [9.17, 15) is 8.78 Å². The molecule has 0 radical (unpaired) electrons. The molecule has 0 saturated carbocycles. The quantitative estimate of drug-likeness (QED) is 0.863. The largest absolute Gasteiger partial charge is 0.374 e. The number of aryl methyl sites for hydroxylation is 3. The second-order valence-corrected chi connectivity index (χ2v) is 4.35. The zero-order chi connectivity index (χ0) is 13.0. The Bertz CT molecular complexity index is 357. The fraction of sp³-hybridized carbons (Fsp3) is 0.538. The van der Waals surface area contributed by atoms with Gasteiger partial charge in [0.15, 0.2) is 0 Å². The number of nitrogens with two attached hydrogens (primary N) is 1. The molecule has 1 unspecified atom stereocenters. The number of alkyl halides is 2. The highest BCUT2D eigenvalue weighted by atomic mass is 19.3. The van der Waals surface area contributed by atoms with Gasteiger partial charge in [0.1, 0.15) is 6.61 Å². The Morgan fingerprint density at radius 2 is 1.65 bits per heavy atom. The van der Waals surface area contributed by atoms with E-state index in [-0.39, 0.29) is 12.6 Å². The second-order valence-electron chi connectivity index (χ2n) is 4.35. The minimum Gasteiger partial charge on any atom is -0.374 e. The van der Waals surface area contributed by atoms with Crippen molar-refractivity contribution in [3.63, 3.8) is 0 Å². The van der Waals surface area contributed by atoms with Crippen LogP contribution in [0.5, 0.6) is 0 Å². The SMILES string of the molecule is Cc1cc(C)c(C(N)COCC(F)F)c(C)c1. The van der Waals surface area contributed by atoms with Crippen LogP contribution in [0.15, 0.2) is 12.1 Å². The third kappa shape index (κ3) is 4.06. The molecule has 0 aliphatic rings. The summed E-state index contributed by atoms with van der Waals surface area (Å²) in [6.07, 6.45) is -2.44. The first-order valence-electron chi connectivity index (χ1n) is 5.61. The van der Waals surface area contributed by atoms with Gasteiger partial charge in [0.25, 0.3) is 6.43 Å². The van der Waals surface area contributed by atoms with E-state index >= 15 is 0 Å². The Kier molecular flexibility index (Phi) is 5.02. The molecule has 0 saturated heterocycles. The Labute approximate surface area is 101 Å². The molecule has 1 aromatic rings. The maximum Gasteiger partial charge on any atom is 0.261 e. The van der Waals surface area contributed by atoms with Gasteiger partial charge in [-0.1, -0.05) is 17.7 Å². The molecule has 0 fully saturated rings. The van der Waals surface area contributed by atoms with Crippen LogP contribution in [0.1, 0.15) is 28.3 Å². The number of ether oxygens (including phenoxy) is 1. The van der Waals surface area contributed by atoms with Crippen molar-refractivity contribution in [2.75, 3.05) is 13.2 Å². The molecular weight excluding hydrogens is 224 g/mol. The van der Waals surface area contributed by atoms with Gasteiger partial charge in [-0.3, -0.25) is 0 Å². The smallest absolute Gasteiger partial charge is 0.261 e. The molecule has 1 rings (SSSR count). The molecule has 1 atom stereocenters. The summed E-state index contributed by atoms with van der Waals surface area (Å²) in [6, 6.07) is 3.72. The van der Waals surface area contributed by atoms with Crippen molar-refractivity contribution in [1.82, 2.24) is 0 Å². The average Bonchev–Trinajstić information content (AvgIpc) is 2.14. The van der Waals surface area contributed by atoms with Gasteiger partial charge in [0, 0.05) is 0 Å². The fourth-order valence-corrected chi connectivity index (χ4v) is 2.14. The summed E-state index contributed by atoms with van der Waals surface area (Å²) >= 11 is 0. The van der Waals surface area contributed by atoms with Gasteiger partial charge in [-0.2, -0.15) is 0 Å². The first-order chi connectivity index (χ1) is 7.91. The molecule has 0 aliphatic heterocycles. The predicted octanol–water partition coefficient (Wildman–Crippen LogP) is 2.89. The molecule has 0 aliphatic carbocycles. The zero-order valence-corrected chi connectivity index (χ0v) is 10.5. The number of halogens is 2. The summed E-state index contributed by atoms with van der Waals surface area (Å²) in [7, 11) is 0. The highest BCUT2D eigenvalue weighted by Crippen LogP contribution is 2.22. The first kappa shape index (κ1) is 14.1. The molecule has 1 aromatic carbocycles. The molecule has 0 amide bonds. The highest BCUT2D eigenvalue weighted by molar-refractivity contribution is 5.39. The zero-order valence-electron chi connectivity index (χ0n) is 10.5. The maximum atomic E-state index is 11.9. The van der Waals surface area contributed by atoms with Gasteiger partial charge < -0.3 is 10.5 Å². The van der Waals surface area contributed by atoms with E-state index in [4.69, 9.17) is 10.5 Å². The van der Waals surface area contributed by atoms with Crippen molar-refractivity contribution in [3.8, 4) is 0 Å². The summed E-state index contributed by atoms with van der Waals surface area (Å²) in [4.78, 5) is 0. The van der Waals surface area contributed by atoms with Crippen LogP contribution < -0.4 is 5.73 Å². The van der Waals surface area contributed by atoms with Crippen LogP contribution in [-0.2, 0) is 4.74 Å². The highest BCUT2D eigenvalue weighted by Gasteiger charge is 2.13. The molecule has 17 heavy (non-hydrogen) atoms. The predicted molar refractivity (Wildman–Crippen MR) is 64.4 cm³/mol. The van der Waals surface area contributed by atoms with E-state index < -0.39 is 13.0 Å². The summed E-state index contributed by atoms with van der Waals surface area (Å²) in [5, 5.41) is 0. The second kappa shape index (κ2) is 6.07. The summed E-state index contributed by atoms with van der Waals surface area (Å²) in [6.45, 7) is 5.53. The normalized spacial score (nSPS) is 13.1. The monoisotopic (exact) mass is 243 g/mol. The Morgan fingerprint density at radius 3 is 2.12 bits per heavy atom. The lowest BCUT2D eigenvalue weighted by Gasteiger charge is -2.18. The number of benzene rings is 1. The van der Waals surface area contributed by atoms with Gasteiger partial charge in [-0.15, -0.1) is 0 Å². The molecule has 0 heterocycles. The lowest BCUT2D eigenvalue weighted by Crippen LogP contribution is -2.21. The molecule has 2 N–H and O–H groups in total. The Morgan fingerprint density at radius 1 is 1.12 bits per heavy atom. The van der Waals surface area contributed by atoms with Crippen LogP contribution in [0, 0.1) is 20.8 Å². The van der Waals surface area contributed by atoms with E-state index in [1.54, 1.807) is 0 Å². The molecule has 4 heteroatoms. The first-order valence-corrected chi connectivity index (χ1v) is 5.61. The molecule has 96 valence electrons. The minimum atomic E-state index is -2.44. The van der Waals surface area contributed by atoms with Crippen molar-refractivity contribution >= 4 is 0 Å². The molecule has 0 spiro atoms. The number of rotatable bonds is 5. The topological polar surface area (TPSA) is 35.2 Å². The van der Waals surface area contributed by atoms with E-state index in [0.717, 1.165) is 16.7 Å². The third-order valence-corrected chi connectivity index (χ3v) is 2.65. The van der Waals surface area contributed by atoms with E-state index in [1.807, 2.05) is 32.9 Å². The van der Waals surface area contributed by atoms with Crippen LogP contribution in [0.25, 0.3) is 0 Å². The fourth-order valence-electron chi connectivity index (χ4n) is 2.14. The molecule has 0 aromatic heterocycles. The van der Waals surface area contributed by atoms with Crippen molar-refractivity contribution < 1.29 is 13.5 Å². The van der Waals surface area contributed by atoms with E-state index in [1.165, 1.54) is 5.56 Å². The van der Waals surface area contributed by atoms with Gasteiger partial charge in [0.2, 0.25) is 0 Å². The van der Waals surface area contributed by atoms with Crippen LogP contribution in [0.2, 0.25) is 0 Å². The van der Waals surface area contributed by atoms with Crippen LogP contribution >= 0.6 is 0 Å². The molecule has 0 bridgehead atoms. The summed E-state index contributed by atoms with van der Waals surface area (Å²) in [5.74, 6) is 0. The van der Waals surface area contributed by atoms with E-state index in [0.29, 0.717) is 0 Å². The molecular formula is C13H19F2NO. The van der Waals surface area contributed by atoms with Crippen molar-refractivity contribution in [1.29, 1.82) is 0 Å². The lowest BCUT2D eigenvalue weighted by atomic mass is 9.95. The minimum absolute atomic E-state index is 0.120. The lowest BCUT2D eigenvalue weighted by molar-refractivity contribution is 0.0124. The van der Waals surface area contributed by atoms with E-state index in [2.05, 4.69) is 0 Å². The molecule has 2 nitrogen and oxygen atoms in total. The van der Waals surface area contributed by atoms with Crippen LogP contribution in [0.3, 0.4) is 0 Å². The van der Waals surface area contributed by atoms with Crippen molar-refractivity contribution in [3.05, 3.63) is 34.4 Å². The van der Waals surface area contributed by atoms with Crippen LogP contribution in [-0.4, -0.2) is 19.6 Å². The van der Waals surface area contributed by atoms with Crippen LogP contribution in [0.4, 0.5) is 8.78 Å². The summed E-state index contributed by atoms with van der Waals surface area (Å²) in [5.41, 5.74) is 10.3. The number of hydrogen-bond donors (Lipinski definition) is 1. The average molecular weight is 243 g/mol. The van der Waals surface area contributed by atoms with Gasteiger partial charge >= 0.3 is 0 Å². The van der Waals surface area contributed by atoms with Gasteiger partial charge in [-0.05, 0) is 37.5 Å². The third-order valence-electron chi connectivity index (χ3n) is 2.65. The summed E-state index contributed by atoms with van der Waals surface area (Å²) < 4.78 is 28.7. The van der Waals surface area contributed by atoms with Gasteiger partial charge in [0.05, 0.1) is 12.6 Å². The number of hydrogen-bond acceptors (Lipinski definition) is 2. The Hall–Kier alpha value is -1.00. The van der Waals surface area contributed by atoms with Gasteiger partial charge in [-0.25, -0.2) is 8.78 Å². The van der Waals surface area contributed by atoms with Crippen molar-refractivity contribution in [2.24, 2.45) is 5.73 Å². The standard InChI is InChI=1S/C13H19F2NO/c1-8-4-9(2)13(10(3)5-8)11(16)6-17-7-12(14)15/h4-5,11-12H,6-7,16H2,1-3H3. The Balaban J connectivity index is 2.72.